The molecule has 2 aromatic carbocycles. The Labute approximate surface area is 167 Å². The number of hydrogen-bond donors (Lipinski definition) is 2. The average molecular weight is 392 g/mol. The first-order valence-corrected chi connectivity index (χ1v) is 9.56. The molecule has 2 amide bonds. The maximum atomic E-state index is 13.1. The third-order valence-corrected chi connectivity index (χ3v) is 5.03. The molecular weight excluding hydrogens is 371 g/mol. The van der Waals surface area contributed by atoms with Crippen molar-refractivity contribution in [3.63, 3.8) is 0 Å². The van der Waals surface area contributed by atoms with Crippen LogP contribution in [0.2, 0.25) is 0 Å². The van der Waals surface area contributed by atoms with Gasteiger partial charge < -0.3 is 15.2 Å². The second-order valence-electron chi connectivity index (χ2n) is 7.07. The van der Waals surface area contributed by atoms with Crippen molar-refractivity contribution in [1.82, 2.24) is 9.55 Å². The van der Waals surface area contributed by atoms with Gasteiger partial charge in [0.1, 0.15) is 5.82 Å². The molecule has 0 aliphatic carbocycles. The summed E-state index contributed by atoms with van der Waals surface area (Å²) in [5.41, 5.74) is 3.12. The predicted octanol–water partition coefficient (Wildman–Crippen LogP) is 4.17. The van der Waals surface area contributed by atoms with E-state index in [2.05, 4.69) is 15.6 Å². The highest BCUT2D eigenvalue weighted by atomic mass is 19.1. The van der Waals surface area contributed by atoms with Crippen LogP contribution in [0.3, 0.4) is 0 Å². The number of nitrogens with one attached hydrogen (secondary N) is 2. The van der Waals surface area contributed by atoms with Crippen molar-refractivity contribution < 1.29 is 14.0 Å². The third kappa shape index (κ3) is 3.89. The van der Waals surface area contributed by atoms with Crippen molar-refractivity contribution >= 4 is 23.2 Å². The smallest absolute Gasteiger partial charge is 0.291 e. The van der Waals surface area contributed by atoms with E-state index in [1.807, 2.05) is 35.8 Å². The molecule has 0 fully saturated rings. The van der Waals surface area contributed by atoms with Gasteiger partial charge in [0.05, 0.1) is 5.69 Å². The molecular formula is C22H21FN4O2. The van der Waals surface area contributed by atoms with Gasteiger partial charge in [-0.2, -0.15) is 0 Å². The number of aryl methyl sites for hydroxylation is 1. The van der Waals surface area contributed by atoms with Crippen LogP contribution in [0.5, 0.6) is 0 Å². The lowest BCUT2D eigenvalue weighted by molar-refractivity contribution is 0.101. The van der Waals surface area contributed by atoms with Crippen molar-refractivity contribution in [2.75, 3.05) is 10.6 Å². The van der Waals surface area contributed by atoms with Gasteiger partial charge >= 0.3 is 0 Å². The Balaban J connectivity index is 1.63. The van der Waals surface area contributed by atoms with E-state index in [0.29, 0.717) is 24.3 Å². The minimum absolute atomic E-state index is 0.229. The minimum Gasteiger partial charge on any atom is -0.323 e. The monoisotopic (exact) mass is 392 g/mol. The Bertz CT molecular complexity index is 1070. The van der Waals surface area contributed by atoms with Gasteiger partial charge in [0.25, 0.3) is 11.8 Å². The Hall–Kier alpha value is -3.48. The van der Waals surface area contributed by atoms with E-state index in [1.165, 1.54) is 24.3 Å². The molecule has 148 valence electrons. The largest absolute Gasteiger partial charge is 0.323 e. The summed E-state index contributed by atoms with van der Waals surface area (Å²) in [6.07, 6.45) is 2.53. The number of hydrogen-bond acceptors (Lipinski definition) is 3. The first kappa shape index (κ1) is 18.9. The predicted molar refractivity (Wildman–Crippen MR) is 109 cm³/mol. The molecule has 1 aliphatic rings. The molecule has 0 spiro atoms. The summed E-state index contributed by atoms with van der Waals surface area (Å²) in [5, 5.41) is 5.62. The van der Waals surface area contributed by atoms with E-state index in [9.17, 15) is 14.0 Å². The SMILES string of the molecule is Cc1ccccc1NC(=O)c1nc(C(=O)Nc2ccc(F)cc2)c2n1CCCC2. The van der Waals surface area contributed by atoms with E-state index < -0.39 is 5.91 Å². The molecule has 3 aromatic rings. The number of rotatable bonds is 4. The Kier molecular flexibility index (Phi) is 5.12. The van der Waals surface area contributed by atoms with Crippen molar-refractivity contribution in [2.24, 2.45) is 0 Å². The fourth-order valence-corrected chi connectivity index (χ4v) is 3.51. The Morgan fingerprint density at radius 3 is 2.52 bits per heavy atom. The van der Waals surface area contributed by atoms with Crippen molar-refractivity contribution in [3.05, 3.63) is 77.1 Å². The van der Waals surface area contributed by atoms with E-state index in [4.69, 9.17) is 0 Å². The summed E-state index contributed by atoms with van der Waals surface area (Å²) in [6.45, 7) is 2.56. The van der Waals surface area contributed by atoms with Crippen LogP contribution in [-0.4, -0.2) is 21.4 Å². The summed E-state index contributed by atoms with van der Waals surface area (Å²) in [6, 6.07) is 13.0. The molecule has 0 saturated heterocycles. The molecule has 2 heterocycles. The van der Waals surface area contributed by atoms with Crippen LogP contribution in [0.1, 0.15) is 45.2 Å². The van der Waals surface area contributed by atoms with Gasteiger partial charge in [0.2, 0.25) is 0 Å². The topological polar surface area (TPSA) is 76.0 Å². The molecule has 6 nitrogen and oxygen atoms in total. The zero-order valence-corrected chi connectivity index (χ0v) is 16.0. The summed E-state index contributed by atoms with van der Waals surface area (Å²) >= 11 is 0. The number of nitrogens with zero attached hydrogens (tertiary/aromatic N) is 2. The van der Waals surface area contributed by atoms with Gasteiger partial charge in [0.15, 0.2) is 11.5 Å². The van der Waals surface area contributed by atoms with Crippen LogP contribution in [0.15, 0.2) is 48.5 Å². The maximum Gasteiger partial charge on any atom is 0.291 e. The van der Waals surface area contributed by atoms with Gasteiger partial charge in [-0.15, -0.1) is 0 Å². The summed E-state index contributed by atoms with van der Waals surface area (Å²) in [7, 11) is 0. The number of carbonyl (C=O) groups is 2. The molecule has 1 aromatic heterocycles. The minimum atomic E-state index is -0.405. The molecule has 29 heavy (non-hydrogen) atoms. The summed E-state index contributed by atoms with van der Waals surface area (Å²) < 4.78 is 14.9. The zero-order valence-electron chi connectivity index (χ0n) is 16.0. The first-order chi connectivity index (χ1) is 14.0. The molecule has 0 atom stereocenters. The van der Waals surface area contributed by atoms with Crippen molar-refractivity contribution in [1.29, 1.82) is 0 Å². The highest BCUT2D eigenvalue weighted by Gasteiger charge is 2.27. The van der Waals surface area contributed by atoms with Crippen LogP contribution in [0, 0.1) is 12.7 Å². The lowest BCUT2D eigenvalue weighted by Crippen LogP contribution is -2.21. The molecule has 7 heteroatoms. The van der Waals surface area contributed by atoms with Crippen LogP contribution < -0.4 is 10.6 Å². The Morgan fingerprint density at radius 2 is 1.76 bits per heavy atom. The average Bonchev–Trinajstić information content (AvgIpc) is 3.11. The normalized spacial score (nSPS) is 12.9. The van der Waals surface area contributed by atoms with Crippen LogP contribution in [0.4, 0.5) is 15.8 Å². The van der Waals surface area contributed by atoms with Gasteiger partial charge in [-0.3, -0.25) is 9.59 Å². The van der Waals surface area contributed by atoms with Gasteiger partial charge in [0, 0.05) is 17.9 Å². The second kappa shape index (κ2) is 7.87. The molecule has 4 rings (SSSR count). The molecule has 0 bridgehead atoms. The zero-order chi connectivity index (χ0) is 20.4. The summed E-state index contributed by atoms with van der Waals surface area (Å²) in [4.78, 5) is 30.1. The number of fused-ring (bicyclic) bond motifs is 1. The standard InChI is InChI=1S/C22H21FN4O2/c1-14-6-2-3-7-17(14)25-22(29)20-26-19(18-8-4-5-13-27(18)20)21(28)24-16-11-9-15(23)10-12-16/h2-3,6-7,9-12H,4-5,8,13H2,1H3,(H,24,28)(H,25,29). The van der Waals surface area contributed by atoms with Crippen molar-refractivity contribution in [2.45, 2.75) is 32.7 Å². The number of amides is 2. The molecule has 0 unspecified atom stereocenters. The Morgan fingerprint density at radius 1 is 1.00 bits per heavy atom. The highest BCUT2D eigenvalue weighted by molar-refractivity contribution is 6.07. The molecule has 0 radical (unpaired) electrons. The van der Waals surface area contributed by atoms with Gasteiger partial charge in [-0.05, 0) is 62.1 Å². The van der Waals surface area contributed by atoms with E-state index in [1.54, 1.807) is 0 Å². The fourth-order valence-electron chi connectivity index (χ4n) is 3.51. The van der Waals surface area contributed by atoms with Crippen LogP contribution in [0.25, 0.3) is 0 Å². The number of para-hydroxylation sites is 1. The molecule has 2 N–H and O–H groups in total. The lowest BCUT2D eigenvalue weighted by atomic mass is 10.1. The molecule has 0 saturated carbocycles. The first-order valence-electron chi connectivity index (χ1n) is 9.56. The maximum absolute atomic E-state index is 13.1. The third-order valence-electron chi connectivity index (χ3n) is 5.03. The quantitative estimate of drug-likeness (QED) is 0.700. The van der Waals surface area contributed by atoms with Crippen LogP contribution in [-0.2, 0) is 13.0 Å². The number of halogens is 1. The fraction of sp³-hybridized carbons (Fsp3) is 0.227. The van der Waals surface area contributed by atoms with E-state index in [-0.39, 0.29) is 23.2 Å². The van der Waals surface area contributed by atoms with Crippen LogP contribution >= 0.6 is 0 Å². The number of anilines is 2. The molecule has 1 aliphatic heterocycles. The van der Waals surface area contributed by atoms with Gasteiger partial charge in [-0.1, -0.05) is 18.2 Å². The second-order valence-corrected chi connectivity index (χ2v) is 7.07. The number of aromatic nitrogens is 2. The highest BCUT2D eigenvalue weighted by Crippen LogP contribution is 2.23. The van der Waals surface area contributed by atoms with E-state index in [0.717, 1.165) is 24.1 Å². The summed E-state index contributed by atoms with van der Waals surface area (Å²) in [5.74, 6) is -0.898. The number of carbonyl (C=O) groups excluding carboxylic acids is 2. The van der Waals surface area contributed by atoms with Gasteiger partial charge in [-0.25, -0.2) is 9.37 Å². The number of benzene rings is 2. The number of imidazole rings is 1. The van der Waals surface area contributed by atoms with E-state index >= 15 is 0 Å². The van der Waals surface area contributed by atoms with Crippen molar-refractivity contribution in [3.8, 4) is 0 Å². The lowest BCUT2D eigenvalue weighted by Gasteiger charge is -2.17.